The molecule has 14 N–H and O–H groups in total. The van der Waals surface area contributed by atoms with Crippen molar-refractivity contribution in [3.63, 3.8) is 0 Å². The maximum Gasteiger partial charge on any atom is 0.356 e. The number of hydrogen-bond acceptors (Lipinski definition) is 28. The zero-order valence-electron chi connectivity index (χ0n) is 41.8. The van der Waals surface area contributed by atoms with Gasteiger partial charge in [-0.25, -0.2) is 9.59 Å². The Balaban J connectivity index is 1.30. The van der Waals surface area contributed by atoms with Gasteiger partial charge in [0.15, 0.2) is 22.8 Å². The number of hydrogen-bond donors (Lipinski definition) is 14. The Labute approximate surface area is 482 Å². The van der Waals surface area contributed by atoms with E-state index in [0.717, 1.165) is 97.1 Å². The minimum atomic E-state index is -5.38. The number of nitrogens with zero attached hydrogens (tertiary/aromatic N) is 8. The molecule has 0 aromatic heterocycles. The SMILES string of the molecule is N=C(C(=O)O)/C(N=Nc1ccc(N=Nc2ccc(-c3ccc(/N=N\c4ccc(N=N/C(C(=N)C(=O)O)=C(\O)Nc5ccc(S(=O)(=O)O)cc5)c(S(=O)(=O)O)c4)cc3S(=O)(=O)O)c(S(=O)(=O)O)c2)cc1S(=O)(=O)O)=C(/O)Nc1ccc(S(=O)(=O)O)cc1. The molecule has 36 nitrogen and oxygen atoms in total. The molecule has 42 heteroatoms. The smallest absolute Gasteiger partial charge is 0.356 e. The maximum atomic E-state index is 12.8. The van der Waals surface area contributed by atoms with Gasteiger partial charge in [0.25, 0.3) is 60.7 Å². The van der Waals surface area contributed by atoms with Crippen molar-refractivity contribution >= 4 is 130 Å². The monoisotopic (exact) mass is 1310 g/mol. The predicted molar refractivity (Wildman–Crippen MR) is 291 cm³/mol. The molecule has 6 aromatic carbocycles. The zero-order chi connectivity index (χ0) is 64.1. The fourth-order valence-electron chi connectivity index (χ4n) is 6.61. The van der Waals surface area contributed by atoms with Gasteiger partial charge in [0.2, 0.25) is 11.8 Å². The van der Waals surface area contributed by atoms with E-state index in [1.54, 1.807) is 0 Å². The Kier molecular flexibility index (Phi) is 19.1. The average Bonchev–Trinajstić information content (AvgIpc) is 1.00. The standard InChI is InChI=1S/C44H34N12O24S6/c45-37(43(59)60)39(41(57)47-21-1-9-27(10-2-21)81(63,64)65)55-53-31-15-7-25(19-35(31)85(75,76)77)51-49-23-5-13-29(33(17-23)83(69,70)71)30-14-6-24(18-34(30)84(72,73)74)50-52-26-8-16-32(36(20-26)86(78,79)80)54-56-40(38(46)44(61)62)42(58)48-22-3-11-28(12-4-22)82(66,67)68/h1-20,45-48,57-58H,(H,59,60)(H,61,62)(H,63,64,65)(H,66,67,68)(H,69,70,71)(H,72,73,74)(H,75,76,77)(H,78,79,80)/b41-39-,42-40-,45-37?,46-38?,51-49-,52-50?,55-53?,56-54?. The van der Waals surface area contributed by atoms with E-state index in [4.69, 9.17) is 10.8 Å². The van der Waals surface area contributed by atoms with Crippen LogP contribution in [0.2, 0.25) is 0 Å². The topological polar surface area (TPSA) is 612 Å². The van der Waals surface area contributed by atoms with Gasteiger partial charge in [-0.3, -0.25) is 38.1 Å². The van der Waals surface area contributed by atoms with Crippen LogP contribution in [0.25, 0.3) is 11.1 Å². The van der Waals surface area contributed by atoms with E-state index >= 15 is 0 Å². The van der Waals surface area contributed by atoms with Gasteiger partial charge >= 0.3 is 11.9 Å². The molecule has 6 rings (SSSR count). The van der Waals surface area contributed by atoms with E-state index < -0.39 is 182 Å². The summed E-state index contributed by atoms with van der Waals surface area (Å²) in [7, 11) is -30.7. The van der Waals surface area contributed by atoms with Gasteiger partial charge in [-0.15, -0.1) is 20.5 Å². The van der Waals surface area contributed by atoms with Crippen LogP contribution in [-0.4, -0.2) is 122 Å². The summed E-state index contributed by atoms with van der Waals surface area (Å²) in [5.41, 5.74) is -10.0. The Bertz CT molecular complexity index is 4450. The Morgan fingerprint density at radius 1 is 0.349 bits per heavy atom. The fourth-order valence-corrected chi connectivity index (χ4v) is 10.3. The van der Waals surface area contributed by atoms with Crippen molar-refractivity contribution in [2.24, 2.45) is 40.9 Å². The summed E-state index contributed by atoms with van der Waals surface area (Å²) in [5, 5.41) is 89.2. The molecule has 0 unspecified atom stereocenters. The van der Waals surface area contributed by atoms with Crippen LogP contribution in [0.4, 0.5) is 45.5 Å². The van der Waals surface area contributed by atoms with Crippen molar-refractivity contribution in [2.45, 2.75) is 29.4 Å². The lowest BCUT2D eigenvalue weighted by Crippen LogP contribution is -2.17. The molecule has 0 atom stereocenters. The molecule has 0 fully saturated rings. The van der Waals surface area contributed by atoms with Gasteiger partial charge in [-0.1, -0.05) is 12.1 Å². The number of nitrogens with one attached hydrogen (secondary N) is 4. The van der Waals surface area contributed by atoms with Crippen LogP contribution < -0.4 is 10.6 Å². The minimum Gasteiger partial charge on any atom is -0.493 e. The van der Waals surface area contributed by atoms with Crippen LogP contribution in [0, 0.1) is 10.8 Å². The van der Waals surface area contributed by atoms with Gasteiger partial charge in [0.1, 0.15) is 31.0 Å². The lowest BCUT2D eigenvalue weighted by molar-refractivity contribution is -0.130. The van der Waals surface area contributed by atoms with Crippen molar-refractivity contribution in [3.05, 3.63) is 144 Å². The summed E-state index contributed by atoms with van der Waals surface area (Å²) in [5.74, 6) is -6.37. The number of rotatable bonds is 23. The number of aliphatic carboxylic acids is 2. The first-order chi connectivity index (χ1) is 39.7. The third-order valence-corrected chi connectivity index (χ3v) is 15.8. The normalized spacial score (nSPS) is 13.4. The minimum absolute atomic E-state index is 0.147. The van der Waals surface area contributed by atoms with Gasteiger partial charge in [0, 0.05) is 22.5 Å². The molecule has 0 spiro atoms. The van der Waals surface area contributed by atoms with Crippen molar-refractivity contribution in [1.29, 1.82) is 10.8 Å². The van der Waals surface area contributed by atoms with Gasteiger partial charge in [-0.2, -0.15) is 71.0 Å². The van der Waals surface area contributed by atoms with E-state index in [9.17, 15) is 108 Å². The summed E-state index contributed by atoms with van der Waals surface area (Å²) in [6.45, 7) is 0. The summed E-state index contributed by atoms with van der Waals surface area (Å²) < 4.78 is 205. The van der Waals surface area contributed by atoms with Gasteiger partial charge in [0.05, 0.1) is 32.5 Å². The first-order valence-electron chi connectivity index (χ1n) is 22.1. The van der Waals surface area contributed by atoms with Crippen molar-refractivity contribution < 1.29 is 108 Å². The second kappa shape index (κ2) is 25.2. The Morgan fingerprint density at radius 2 is 0.616 bits per heavy atom. The number of carboxylic acids is 2. The van der Waals surface area contributed by atoms with Crippen molar-refractivity contribution in [3.8, 4) is 11.1 Å². The predicted octanol–water partition coefficient (Wildman–Crippen LogP) is 7.72. The van der Waals surface area contributed by atoms with E-state index in [2.05, 4.69) is 51.5 Å². The molecule has 0 bridgehead atoms. The van der Waals surface area contributed by atoms with Crippen LogP contribution in [0.3, 0.4) is 0 Å². The van der Waals surface area contributed by atoms with Crippen LogP contribution in [0.15, 0.2) is 215 Å². The number of anilines is 2. The number of azo groups is 4. The zero-order valence-corrected chi connectivity index (χ0v) is 46.7. The summed E-state index contributed by atoms with van der Waals surface area (Å²) in [6, 6.07) is 17.3. The third-order valence-electron chi connectivity index (χ3n) is 10.5. The van der Waals surface area contributed by atoms with Crippen molar-refractivity contribution in [2.75, 3.05) is 10.6 Å². The van der Waals surface area contributed by atoms with Crippen LogP contribution in [-0.2, 0) is 70.3 Å². The van der Waals surface area contributed by atoms with Gasteiger partial charge < -0.3 is 31.1 Å². The molecule has 0 radical (unpaired) electrons. The number of benzene rings is 6. The van der Waals surface area contributed by atoms with Crippen LogP contribution >= 0.6 is 0 Å². The quantitative estimate of drug-likeness (QED) is 0.0126. The molecular weight excluding hydrogens is 1270 g/mol. The van der Waals surface area contributed by atoms with Crippen molar-refractivity contribution in [1.82, 2.24) is 0 Å². The second-order valence-electron chi connectivity index (χ2n) is 16.4. The highest BCUT2D eigenvalue weighted by Gasteiger charge is 2.27. The fraction of sp³-hybridized carbons (Fsp3) is 0. The molecule has 450 valence electrons. The molecule has 0 heterocycles. The third kappa shape index (κ3) is 16.7. The Hall–Kier alpha value is -9.86. The van der Waals surface area contributed by atoms with E-state index in [-0.39, 0.29) is 11.4 Å². The summed E-state index contributed by atoms with van der Waals surface area (Å²) >= 11 is 0. The molecule has 0 aliphatic carbocycles. The van der Waals surface area contributed by atoms with E-state index in [1.807, 2.05) is 0 Å². The average molecular weight is 1310 g/mol. The van der Waals surface area contributed by atoms with Crippen LogP contribution in [0.1, 0.15) is 0 Å². The molecule has 0 amide bonds. The first-order valence-corrected chi connectivity index (χ1v) is 30.7. The molecule has 0 aliphatic heterocycles. The molecule has 0 saturated heterocycles. The number of aliphatic hydroxyl groups excluding tert-OH is 2. The molecule has 0 saturated carbocycles. The maximum absolute atomic E-state index is 12.8. The summed E-state index contributed by atoms with van der Waals surface area (Å²) in [4.78, 5) is 17.8. The van der Waals surface area contributed by atoms with E-state index in [0.29, 0.717) is 24.3 Å². The first kappa shape index (κ1) is 65.3. The summed E-state index contributed by atoms with van der Waals surface area (Å²) in [6.07, 6.45) is 0. The highest BCUT2D eigenvalue weighted by atomic mass is 32.2. The molecule has 6 aromatic rings. The second-order valence-corrected chi connectivity index (χ2v) is 24.8. The number of aliphatic hydroxyl groups is 2. The van der Waals surface area contributed by atoms with E-state index in [1.165, 1.54) is 0 Å². The number of carboxylic acid groups (broad SMARTS) is 2. The highest BCUT2D eigenvalue weighted by molar-refractivity contribution is 7.87. The molecule has 0 aliphatic rings. The lowest BCUT2D eigenvalue weighted by Gasteiger charge is -2.12. The number of carbonyl (C=O) groups is 2. The molecule has 86 heavy (non-hydrogen) atoms. The molecular formula is C44H34N12O24S6. The van der Waals surface area contributed by atoms with Gasteiger partial charge in [-0.05, 0) is 109 Å². The largest absolute Gasteiger partial charge is 0.493 e. The highest BCUT2D eigenvalue weighted by Crippen LogP contribution is 2.39. The Morgan fingerprint density at radius 3 is 0.872 bits per heavy atom. The van der Waals surface area contributed by atoms with Crippen LogP contribution in [0.5, 0.6) is 0 Å². The lowest BCUT2D eigenvalue weighted by atomic mass is 10.0.